The molecule has 0 N–H and O–H groups in total. The minimum Gasteiger partial charge on any atom is -0.268 e. The summed E-state index contributed by atoms with van der Waals surface area (Å²) < 4.78 is 1.65. The molecule has 6 heteroatoms. The lowest BCUT2D eigenvalue weighted by atomic mass is 10.0. The van der Waals surface area contributed by atoms with Crippen molar-refractivity contribution in [2.24, 2.45) is 7.05 Å². The first-order valence-corrected chi connectivity index (χ1v) is 9.93. The highest BCUT2D eigenvalue weighted by molar-refractivity contribution is 6.39. The van der Waals surface area contributed by atoms with Crippen LogP contribution in [-0.4, -0.2) is 26.6 Å². The molecule has 2 aromatic heterocycles. The van der Waals surface area contributed by atoms with Gasteiger partial charge in [-0.3, -0.25) is 9.59 Å². The minimum atomic E-state index is -0.367. The Bertz CT molecular complexity index is 1530. The highest BCUT2D eigenvalue weighted by Gasteiger charge is 2.40. The Labute approximate surface area is 177 Å². The normalized spacial score (nSPS) is 13.4. The van der Waals surface area contributed by atoms with Crippen molar-refractivity contribution < 1.29 is 9.59 Å². The smallest absolute Gasteiger partial charge is 0.267 e. The van der Waals surface area contributed by atoms with Crippen molar-refractivity contribution in [1.29, 1.82) is 0 Å². The number of nitrogens with zero attached hydrogens (tertiary/aromatic N) is 4. The van der Waals surface area contributed by atoms with Gasteiger partial charge in [0.05, 0.1) is 22.2 Å². The SMILES string of the molecule is Cn1nc(-c2ccccc2)c2c3c(cnc21)C(=O)N(c1cccc2ccccc12)C3=O. The van der Waals surface area contributed by atoms with Crippen molar-refractivity contribution in [3.8, 4) is 11.3 Å². The van der Waals surface area contributed by atoms with E-state index < -0.39 is 0 Å². The second-order valence-corrected chi connectivity index (χ2v) is 7.53. The van der Waals surface area contributed by atoms with Gasteiger partial charge in [-0.15, -0.1) is 0 Å². The lowest BCUT2D eigenvalue weighted by Gasteiger charge is -2.16. The molecule has 31 heavy (non-hydrogen) atoms. The van der Waals surface area contributed by atoms with Crippen LogP contribution in [0.4, 0.5) is 5.69 Å². The molecule has 0 saturated heterocycles. The molecule has 6 rings (SSSR count). The molecule has 0 radical (unpaired) electrons. The first-order chi connectivity index (χ1) is 15.1. The number of benzene rings is 3. The maximum absolute atomic E-state index is 13.7. The van der Waals surface area contributed by atoms with Gasteiger partial charge in [0.2, 0.25) is 0 Å². The van der Waals surface area contributed by atoms with Crippen molar-refractivity contribution in [1.82, 2.24) is 14.8 Å². The summed E-state index contributed by atoms with van der Waals surface area (Å²) in [5, 5.41) is 7.03. The number of carbonyl (C=O) groups excluding carboxylic acids is 2. The molecule has 0 atom stereocenters. The second kappa shape index (κ2) is 6.34. The number of imide groups is 1. The van der Waals surface area contributed by atoms with Gasteiger partial charge in [-0.05, 0) is 11.5 Å². The average Bonchev–Trinajstić information content (AvgIpc) is 3.28. The van der Waals surface area contributed by atoms with E-state index in [-0.39, 0.29) is 11.8 Å². The van der Waals surface area contributed by atoms with Gasteiger partial charge in [-0.1, -0.05) is 66.7 Å². The van der Waals surface area contributed by atoms with Gasteiger partial charge >= 0.3 is 0 Å². The molecule has 0 aliphatic carbocycles. The third-order valence-corrected chi connectivity index (χ3v) is 5.76. The van der Waals surface area contributed by atoms with E-state index in [1.165, 1.54) is 11.1 Å². The summed E-state index contributed by atoms with van der Waals surface area (Å²) in [7, 11) is 1.79. The van der Waals surface area contributed by atoms with Crippen molar-refractivity contribution in [2.45, 2.75) is 0 Å². The zero-order valence-electron chi connectivity index (χ0n) is 16.6. The Kier molecular flexibility index (Phi) is 3.58. The maximum atomic E-state index is 13.7. The van der Waals surface area contributed by atoms with Crippen LogP contribution in [0.15, 0.2) is 79.0 Å². The molecule has 6 nitrogen and oxygen atoms in total. The van der Waals surface area contributed by atoms with Crippen LogP contribution in [0, 0.1) is 0 Å². The van der Waals surface area contributed by atoms with E-state index in [0.717, 1.165) is 16.3 Å². The molecular formula is C25H16N4O2. The summed E-state index contributed by atoms with van der Waals surface area (Å²) in [5.74, 6) is -0.720. The molecule has 1 aliphatic heterocycles. The van der Waals surface area contributed by atoms with Crippen molar-refractivity contribution >= 4 is 39.3 Å². The number of fused-ring (bicyclic) bond motifs is 4. The first-order valence-electron chi connectivity index (χ1n) is 9.93. The van der Waals surface area contributed by atoms with Crippen LogP contribution in [0.3, 0.4) is 0 Å². The molecule has 0 fully saturated rings. The number of hydrogen-bond donors (Lipinski definition) is 0. The number of aryl methyl sites for hydroxylation is 1. The Morgan fingerprint density at radius 2 is 1.55 bits per heavy atom. The largest absolute Gasteiger partial charge is 0.268 e. The van der Waals surface area contributed by atoms with Gasteiger partial charge < -0.3 is 0 Å². The summed E-state index contributed by atoms with van der Waals surface area (Å²) in [4.78, 5) is 32.8. The number of pyridine rings is 1. The van der Waals surface area contributed by atoms with E-state index in [1.54, 1.807) is 17.8 Å². The number of rotatable bonds is 2. The van der Waals surface area contributed by atoms with Crippen LogP contribution < -0.4 is 4.90 Å². The molecule has 2 amide bonds. The topological polar surface area (TPSA) is 68.1 Å². The quantitative estimate of drug-likeness (QED) is 0.404. The summed E-state index contributed by atoms with van der Waals surface area (Å²) >= 11 is 0. The predicted molar refractivity (Wildman–Crippen MR) is 119 cm³/mol. The summed E-state index contributed by atoms with van der Waals surface area (Å²) in [6.45, 7) is 0. The number of amides is 2. The number of carbonyl (C=O) groups is 2. The van der Waals surface area contributed by atoms with Gasteiger partial charge in [0.25, 0.3) is 11.8 Å². The highest BCUT2D eigenvalue weighted by Crippen LogP contribution is 2.38. The van der Waals surface area contributed by atoms with Gasteiger partial charge in [0.1, 0.15) is 5.69 Å². The molecule has 1 aliphatic rings. The van der Waals surface area contributed by atoms with Gasteiger partial charge in [-0.25, -0.2) is 14.6 Å². The fourth-order valence-corrected chi connectivity index (χ4v) is 4.35. The molecule has 148 valence electrons. The third-order valence-electron chi connectivity index (χ3n) is 5.76. The average molecular weight is 404 g/mol. The highest BCUT2D eigenvalue weighted by atomic mass is 16.2. The summed E-state index contributed by atoms with van der Waals surface area (Å²) in [6, 6.07) is 23.0. The van der Waals surface area contributed by atoms with Crippen LogP contribution in [0.5, 0.6) is 0 Å². The Balaban J connectivity index is 1.62. The third kappa shape index (κ3) is 2.39. The van der Waals surface area contributed by atoms with Gasteiger partial charge in [0, 0.05) is 24.2 Å². The van der Waals surface area contributed by atoms with Gasteiger partial charge in [0.15, 0.2) is 5.65 Å². The number of aromatic nitrogens is 3. The monoisotopic (exact) mass is 404 g/mol. The number of anilines is 1. The molecular weight excluding hydrogens is 388 g/mol. The molecule has 3 aromatic carbocycles. The first kappa shape index (κ1) is 17.5. The molecule has 5 aromatic rings. The second-order valence-electron chi connectivity index (χ2n) is 7.53. The van der Waals surface area contributed by atoms with Crippen molar-refractivity contribution in [2.75, 3.05) is 4.90 Å². The molecule has 0 spiro atoms. The lowest BCUT2D eigenvalue weighted by Crippen LogP contribution is -2.29. The Morgan fingerprint density at radius 1 is 0.806 bits per heavy atom. The van der Waals surface area contributed by atoms with Crippen molar-refractivity contribution in [3.05, 3.63) is 90.1 Å². The summed E-state index contributed by atoms with van der Waals surface area (Å²) in [5.41, 5.74) is 3.31. The fraction of sp³-hybridized carbons (Fsp3) is 0.0400. The number of hydrogen-bond acceptors (Lipinski definition) is 4. The standard InChI is InChI=1S/C25H16N4O2/c1-28-23-21(22(27-28)16-9-3-2-4-10-16)20-18(14-26-23)24(30)29(25(20)31)19-13-7-11-15-8-5-6-12-17(15)19/h2-14H,1H3. The molecule has 3 heterocycles. The maximum Gasteiger partial charge on any atom is 0.267 e. The van der Waals surface area contributed by atoms with Crippen LogP contribution in [-0.2, 0) is 7.05 Å². The lowest BCUT2D eigenvalue weighted by molar-refractivity contribution is 0.0927. The summed E-state index contributed by atoms with van der Waals surface area (Å²) in [6.07, 6.45) is 1.49. The molecule has 0 bridgehead atoms. The van der Waals surface area contributed by atoms with E-state index in [0.29, 0.717) is 33.5 Å². The minimum absolute atomic E-state index is 0.301. The van der Waals surface area contributed by atoms with Crippen LogP contribution in [0.2, 0.25) is 0 Å². The zero-order chi connectivity index (χ0) is 21.1. The van der Waals surface area contributed by atoms with E-state index >= 15 is 0 Å². The van der Waals surface area contributed by atoms with E-state index in [4.69, 9.17) is 0 Å². The van der Waals surface area contributed by atoms with Crippen LogP contribution in [0.1, 0.15) is 20.7 Å². The zero-order valence-corrected chi connectivity index (χ0v) is 16.6. The van der Waals surface area contributed by atoms with E-state index in [1.807, 2.05) is 66.7 Å². The Morgan fingerprint density at radius 3 is 2.39 bits per heavy atom. The Hall–Kier alpha value is -4.32. The fourth-order valence-electron chi connectivity index (χ4n) is 4.35. The van der Waals surface area contributed by atoms with E-state index in [9.17, 15) is 9.59 Å². The van der Waals surface area contributed by atoms with Gasteiger partial charge in [-0.2, -0.15) is 5.10 Å². The molecule has 0 unspecified atom stereocenters. The van der Waals surface area contributed by atoms with Crippen molar-refractivity contribution in [3.63, 3.8) is 0 Å². The predicted octanol–water partition coefficient (Wildman–Crippen LogP) is 4.59. The van der Waals surface area contributed by atoms with Crippen LogP contribution >= 0.6 is 0 Å². The van der Waals surface area contributed by atoms with Crippen LogP contribution in [0.25, 0.3) is 33.1 Å². The van der Waals surface area contributed by atoms with E-state index in [2.05, 4.69) is 10.1 Å². The molecule has 0 saturated carbocycles.